The zero-order chi connectivity index (χ0) is 14.4. The van der Waals surface area contributed by atoms with E-state index in [1.54, 1.807) is 18.2 Å². The van der Waals surface area contributed by atoms with Crippen LogP contribution in [-0.2, 0) is 0 Å². The molecule has 4 nitrogen and oxygen atoms in total. The summed E-state index contributed by atoms with van der Waals surface area (Å²) in [4.78, 5) is 15.6. The van der Waals surface area contributed by atoms with Gasteiger partial charge in [-0.25, -0.2) is 0 Å². The summed E-state index contributed by atoms with van der Waals surface area (Å²) in [7, 11) is 0. The highest BCUT2D eigenvalue weighted by Crippen LogP contribution is 2.25. The van der Waals surface area contributed by atoms with Crippen molar-refractivity contribution in [1.29, 1.82) is 5.26 Å². The number of anilines is 1. The molecule has 1 unspecified atom stereocenters. The van der Waals surface area contributed by atoms with E-state index in [4.69, 9.17) is 11.0 Å². The Bertz CT molecular complexity index is 672. The molecule has 1 heterocycles. The number of carbonyl (C=O) groups excluding carboxylic acids is 1. The summed E-state index contributed by atoms with van der Waals surface area (Å²) in [6.07, 6.45) is 1.39. The molecule has 0 saturated heterocycles. The Balaban J connectivity index is 0.000000178. The second-order valence-corrected chi connectivity index (χ2v) is 4.18. The van der Waals surface area contributed by atoms with E-state index >= 15 is 0 Å². The number of nitriles is 1. The Labute approximate surface area is 117 Å². The van der Waals surface area contributed by atoms with Crippen molar-refractivity contribution in [3.8, 4) is 6.07 Å². The molecular formula is C16H13N3O. The number of Topliss-reactive ketones (excluding diaryl/α,β-unsaturated/α-hetero) is 1. The van der Waals surface area contributed by atoms with E-state index in [0.29, 0.717) is 11.3 Å². The molecule has 0 amide bonds. The molecule has 0 aromatic heterocycles. The Hall–Kier alpha value is -2.93. The fourth-order valence-corrected chi connectivity index (χ4v) is 1.73. The third-order valence-corrected chi connectivity index (χ3v) is 2.75. The first-order valence-electron chi connectivity index (χ1n) is 6.10. The lowest BCUT2D eigenvalue weighted by Gasteiger charge is -2.10. The largest absolute Gasteiger partial charge is 0.399 e. The van der Waals surface area contributed by atoms with E-state index in [2.05, 4.69) is 4.99 Å². The zero-order valence-electron chi connectivity index (χ0n) is 10.7. The van der Waals surface area contributed by atoms with Gasteiger partial charge in [-0.1, -0.05) is 30.3 Å². The second-order valence-electron chi connectivity index (χ2n) is 4.18. The quantitative estimate of drug-likeness (QED) is 0.742. The molecule has 1 atom stereocenters. The van der Waals surface area contributed by atoms with E-state index in [9.17, 15) is 4.79 Å². The predicted octanol–water partition coefficient (Wildman–Crippen LogP) is 2.99. The van der Waals surface area contributed by atoms with Gasteiger partial charge >= 0.3 is 0 Å². The number of carbonyl (C=O) groups is 1. The summed E-state index contributed by atoms with van der Waals surface area (Å²) >= 11 is 0. The highest BCUT2D eigenvalue weighted by atomic mass is 16.1. The number of ketones is 1. The van der Waals surface area contributed by atoms with Gasteiger partial charge in [-0.15, -0.1) is 0 Å². The summed E-state index contributed by atoms with van der Waals surface area (Å²) in [5, 5.41) is 8.62. The lowest BCUT2D eigenvalue weighted by Crippen LogP contribution is -2.17. The van der Waals surface area contributed by atoms with Crippen LogP contribution in [0.2, 0.25) is 0 Å². The van der Waals surface area contributed by atoms with Crippen molar-refractivity contribution >= 4 is 23.4 Å². The number of nitrogens with zero attached hydrogens (tertiary/aromatic N) is 2. The standard InChI is InChI=1S/C10H6N2O.C6H7N/c11-5-7-6-12-9-4-2-1-3-8(9)10(7)13;7-6-4-2-1-3-5-6/h1-4,6-7H;1-5H,7H2. The van der Waals surface area contributed by atoms with Crippen molar-refractivity contribution in [3.05, 3.63) is 60.2 Å². The van der Waals surface area contributed by atoms with E-state index in [0.717, 1.165) is 5.69 Å². The number of fused-ring (bicyclic) bond motifs is 1. The molecule has 2 aromatic carbocycles. The van der Waals surface area contributed by atoms with Gasteiger partial charge in [-0.05, 0) is 24.3 Å². The molecule has 0 bridgehead atoms. The molecule has 0 saturated carbocycles. The monoisotopic (exact) mass is 263 g/mol. The first-order valence-corrected chi connectivity index (χ1v) is 6.10. The van der Waals surface area contributed by atoms with Gasteiger partial charge in [-0.2, -0.15) is 5.26 Å². The minimum absolute atomic E-state index is 0.159. The lowest BCUT2D eigenvalue weighted by molar-refractivity contribution is 0.0975. The first-order chi connectivity index (χ1) is 9.72. The number of nitrogen functional groups attached to an aromatic ring is 1. The average Bonchev–Trinajstić information content (AvgIpc) is 2.49. The number of nitrogens with two attached hydrogens (primary N) is 1. The fourth-order valence-electron chi connectivity index (χ4n) is 1.73. The number of para-hydroxylation sites is 2. The maximum Gasteiger partial charge on any atom is 0.187 e. The van der Waals surface area contributed by atoms with Crippen LogP contribution in [0.25, 0.3) is 0 Å². The van der Waals surface area contributed by atoms with Gasteiger partial charge in [0, 0.05) is 17.5 Å². The highest BCUT2D eigenvalue weighted by Gasteiger charge is 2.23. The van der Waals surface area contributed by atoms with E-state index in [-0.39, 0.29) is 5.78 Å². The minimum Gasteiger partial charge on any atom is -0.399 e. The van der Waals surface area contributed by atoms with Crippen LogP contribution >= 0.6 is 0 Å². The van der Waals surface area contributed by atoms with Gasteiger partial charge in [0.05, 0.1) is 11.8 Å². The Morgan fingerprint density at radius 1 is 1.05 bits per heavy atom. The van der Waals surface area contributed by atoms with Crippen LogP contribution in [0, 0.1) is 17.2 Å². The molecule has 0 aliphatic carbocycles. The van der Waals surface area contributed by atoms with E-state index < -0.39 is 5.92 Å². The van der Waals surface area contributed by atoms with Gasteiger partial charge in [0.1, 0.15) is 5.92 Å². The molecular weight excluding hydrogens is 250 g/mol. The summed E-state index contributed by atoms with van der Waals surface area (Å²) in [6.45, 7) is 0. The molecule has 2 N–H and O–H groups in total. The van der Waals surface area contributed by atoms with Crippen LogP contribution in [0.3, 0.4) is 0 Å². The molecule has 0 spiro atoms. The number of rotatable bonds is 0. The van der Waals surface area contributed by atoms with Crippen LogP contribution in [-0.4, -0.2) is 12.0 Å². The molecule has 1 aliphatic heterocycles. The molecule has 4 heteroatoms. The number of benzene rings is 2. The SMILES string of the molecule is N#CC1C=Nc2ccccc2C1=O.Nc1ccccc1. The zero-order valence-corrected chi connectivity index (χ0v) is 10.7. The van der Waals surface area contributed by atoms with Gasteiger partial charge in [0.2, 0.25) is 0 Å². The molecule has 3 rings (SSSR count). The van der Waals surface area contributed by atoms with Gasteiger partial charge in [-0.3, -0.25) is 9.79 Å². The van der Waals surface area contributed by atoms with Gasteiger partial charge in [0.15, 0.2) is 5.78 Å². The van der Waals surface area contributed by atoms with Crippen molar-refractivity contribution in [2.24, 2.45) is 10.9 Å². The van der Waals surface area contributed by atoms with E-state index in [1.807, 2.05) is 42.5 Å². The summed E-state index contributed by atoms with van der Waals surface area (Å²) < 4.78 is 0. The van der Waals surface area contributed by atoms with Crippen molar-refractivity contribution < 1.29 is 4.79 Å². The number of aliphatic imine (C=N–C) groups is 1. The fraction of sp³-hybridized carbons (Fsp3) is 0.0625. The molecule has 0 radical (unpaired) electrons. The van der Waals surface area contributed by atoms with Crippen molar-refractivity contribution in [2.45, 2.75) is 0 Å². The second kappa shape index (κ2) is 6.30. The first kappa shape index (κ1) is 13.5. The lowest BCUT2D eigenvalue weighted by atomic mass is 9.96. The van der Waals surface area contributed by atoms with Crippen LogP contribution in [0.1, 0.15) is 10.4 Å². The van der Waals surface area contributed by atoms with Crippen LogP contribution in [0.5, 0.6) is 0 Å². The van der Waals surface area contributed by atoms with E-state index in [1.165, 1.54) is 6.21 Å². The van der Waals surface area contributed by atoms with Crippen molar-refractivity contribution in [3.63, 3.8) is 0 Å². The van der Waals surface area contributed by atoms with Gasteiger partial charge < -0.3 is 5.73 Å². The molecule has 0 fully saturated rings. The topological polar surface area (TPSA) is 79.2 Å². The molecule has 98 valence electrons. The number of hydrogen-bond acceptors (Lipinski definition) is 4. The molecule has 2 aromatic rings. The Kier molecular flexibility index (Phi) is 4.25. The Morgan fingerprint density at radius 2 is 1.70 bits per heavy atom. The van der Waals surface area contributed by atoms with Crippen molar-refractivity contribution in [2.75, 3.05) is 5.73 Å². The van der Waals surface area contributed by atoms with Crippen molar-refractivity contribution in [1.82, 2.24) is 0 Å². The predicted molar refractivity (Wildman–Crippen MR) is 78.9 cm³/mol. The molecule has 20 heavy (non-hydrogen) atoms. The smallest absolute Gasteiger partial charge is 0.187 e. The minimum atomic E-state index is -0.713. The van der Waals surface area contributed by atoms with Crippen LogP contribution < -0.4 is 5.73 Å². The summed E-state index contributed by atoms with van der Waals surface area (Å²) in [5.74, 6) is -0.872. The highest BCUT2D eigenvalue weighted by molar-refractivity contribution is 6.13. The Morgan fingerprint density at radius 3 is 2.30 bits per heavy atom. The van der Waals surface area contributed by atoms with Gasteiger partial charge in [0.25, 0.3) is 0 Å². The maximum atomic E-state index is 11.5. The van der Waals surface area contributed by atoms with Crippen LogP contribution in [0.4, 0.5) is 11.4 Å². The maximum absolute atomic E-state index is 11.5. The third-order valence-electron chi connectivity index (χ3n) is 2.75. The summed E-state index contributed by atoms with van der Waals surface area (Å²) in [6, 6.07) is 18.4. The van der Waals surface area contributed by atoms with Crippen LogP contribution in [0.15, 0.2) is 59.6 Å². The third kappa shape index (κ3) is 3.09. The molecule has 1 aliphatic rings. The average molecular weight is 263 g/mol. The number of hydrogen-bond donors (Lipinski definition) is 1. The normalized spacial score (nSPS) is 15.6. The summed E-state index contributed by atoms with van der Waals surface area (Å²) in [5.41, 5.74) is 7.37.